The molecule has 0 bridgehead atoms. The Bertz CT molecular complexity index is 713. The average molecular weight is 322 g/mol. The van der Waals surface area contributed by atoms with E-state index in [1.54, 1.807) is 11.4 Å². The van der Waals surface area contributed by atoms with Crippen molar-refractivity contribution < 1.29 is 14.3 Å². The fraction of sp³-hybridized carbons (Fsp3) is 0.429. The van der Waals surface area contributed by atoms with Crippen molar-refractivity contribution in [2.75, 3.05) is 12.4 Å². The summed E-state index contributed by atoms with van der Waals surface area (Å²) in [5, 5.41) is 6.75. The number of aromatic nitrogens is 3. The van der Waals surface area contributed by atoms with Crippen molar-refractivity contribution in [3.05, 3.63) is 29.2 Å². The van der Waals surface area contributed by atoms with E-state index in [2.05, 4.69) is 28.0 Å². The number of rotatable bonds is 5. The van der Waals surface area contributed by atoms with Gasteiger partial charge in [0.1, 0.15) is 11.6 Å². The molecule has 0 fully saturated rings. The zero-order valence-electron chi connectivity index (χ0n) is 12.7. The first-order valence-corrected chi connectivity index (χ1v) is 7.51. The highest BCUT2D eigenvalue weighted by molar-refractivity contribution is 7.80. The molecule has 1 amide bonds. The Morgan fingerprint density at radius 1 is 1.45 bits per heavy atom. The van der Waals surface area contributed by atoms with Crippen molar-refractivity contribution in [2.24, 2.45) is 0 Å². The number of carbonyl (C=O) groups is 2. The minimum Gasteiger partial charge on any atom is -0.464 e. The predicted molar refractivity (Wildman–Crippen MR) is 84.2 cm³/mol. The predicted octanol–water partition coefficient (Wildman–Crippen LogP) is 0.937. The monoisotopic (exact) mass is 322 g/mol. The summed E-state index contributed by atoms with van der Waals surface area (Å²) in [6, 6.07) is 1.06. The number of nitrogens with one attached hydrogen (secondary N) is 1. The first-order chi connectivity index (χ1) is 10.5. The molecule has 8 heteroatoms. The third-order valence-corrected chi connectivity index (χ3v) is 3.45. The van der Waals surface area contributed by atoms with E-state index in [1.807, 2.05) is 19.9 Å². The molecule has 0 aliphatic rings. The van der Waals surface area contributed by atoms with Crippen molar-refractivity contribution in [2.45, 2.75) is 26.8 Å². The largest absolute Gasteiger partial charge is 0.464 e. The SMILES string of the molecule is CCOC(=O)[C@H](CS)NC(=O)c1cnn2c(C)cc(C)nc12. The summed E-state index contributed by atoms with van der Waals surface area (Å²) in [7, 11) is 0. The molecule has 22 heavy (non-hydrogen) atoms. The number of hydrogen-bond donors (Lipinski definition) is 2. The molecular weight excluding hydrogens is 304 g/mol. The van der Waals surface area contributed by atoms with Crippen LogP contribution in [0.4, 0.5) is 0 Å². The van der Waals surface area contributed by atoms with Gasteiger partial charge in [0, 0.05) is 17.1 Å². The van der Waals surface area contributed by atoms with Crippen LogP contribution in [0.5, 0.6) is 0 Å². The molecule has 0 aromatic carbocycles. The normalized spacial score (nSPS) is 12.2. The summed E-state index contributed by atoms with van der Waals surface area (Å²) < 4.78 is 6.49. The van der Waals surface area contributed by atoms with E-state index in [4.69, 9.17) is 4.74 Å². The number of carbonyl (C=O) groups excluding carboxylic acids is 2. The summed E-state index contributed by atoms with van der Waals surface area (Å²) in [5.41, 5.74) is 2.42. The molecule has 2 aromatic rings. The van der Waals surface area contributed by atoms with E-state index in [9.17, 15) is 9.59 Å². The van der Waals surface area contributed by atoms with E-state index in [0.29, 0.717) is 11.2 Å². The highest BCUT2D eigenvalue weighted by Crippen LogP contribution is 2.12. The van der Waals surface area contributed by atoms with Crippen LogP contribution in [0.2, 0.25) is 0 Å². The third kappa shape index (κ3) is 3.22. The quantitative estimate of drug-likeness (QED) is 0.632. The minimum absolute atomic E-state index is 0.148. The molecule has 0 radical (unpaired) electrons. The minimum atomic E-state index is -0.809. The molecule has 1 atom stereocenters. The van der Waals surface area contributed by atoms with Gasteiger partial charge in [0.2, 0.25) is 0 Å². The number of ether oxygens (including phenoxy) is 1. The fourth-order valence-electron chi connectivity index (χ4n) is 2.09. The number of amides is 1. The van der Waals surface area contributed by atoms with Gasteiger partial charge in [0.15, 0.2) is 5.65 Å². The van der Waals surface area contributed by atoms with Gasteiger partial charge in [-0.3, -0.25) is 4.79 Å². The number of hydrogen-bond acceptors (Lipinski definition) is 6. The van der Waals surface area contributed by atoms with Crippen LogP contribution >= 0.6 is 12.6 Å². The smallest absolute Gasteiger partial charge is 0.329 e. The average Bonchev–Trinajstić information content (AvgIpc) is 2.88. The molecule has 0 spiro atoms. The fourth-order valence-corrected chi connectivity index (χ4v) is 2.33. The van der Waals surface area contributed by atoms with E-state index in [-0.39, 0.29) is 12.4 Å². The highest BCUT2D eigenvalue weighted by Gasteiger charge is 2.23. The van der Waals surface area contributed by atoms with Crippen molar-refractivity contribution in [1.82, 2.24) is 19.9 Å². The van der Waals surface area contributed by atoms with Gasteiger partial charge in [-0.1, -0.05) is 0 Å². The third-order valence-electron chi connectivity index (χ3n) is 3.08. The standard InChI is InChI=1S/C14H18N4O3S/c1-4-21-14(20)11(7-22)17-13(19)10-6-15-18-9(3)5-8(2)16-12(10)18/h5-6,11,22H,4,7H2,1-3H3,(H,17,19)/t11-/m0/s1. The number of esters is 1. The van der Waals surface area contributed by atoms with Crippen molar-refractivity contribution in [3.63, 3.8) is 0 Å². The second-order valence-electron chi connectivity index (χ2n) is 4.79. The summed E-state index contributed by atoms with van der Waals surface area (Å²) in [6.45, 7) is 5.67. The molecule has 118 valence electrons. The van der Waals surface area contributed by atoms with Crippen LogP contribution in [0.15, 0.2) is 12.3 Å². The highest BCUT2D eigenvalue weighted by atomic mass is 32.1. The van der Waals surface area contributed by atoms with E-state index >= 15 is 0 Å². The maximum Gasteiger partial charge on any atom is 0.329 e. The molecule has 0 saturated heterocycles. The van der Waals surface area contributed by atoms with E-state index < -0.39 is 17.9 Å². The Morgan fingerprint density at radius 3 is 2.82 bits per heavy atom. The lowest BCUT2D eigenvalue weighted by molar-refractivity contribution is -0.144. The Hall–Kier alpha value is -2.09. The topological polar surface area (TPSA) is 85.6 Å². The van der Waals surface area contributed by atoms with Crippen LogP contribution < -0.4 is 5.32 Å². The molecular formula is C14H18N4O3S. The summed E-state index contributed by atoms with van der Waals surface area (Å²) in [4.78, 5) is 28.4. The molecule has 2 rings (SSSR count). The maximum absolute atomic E-state index is 12.4. The summed E-state index contributed by atoms with van der Waals surface area (Å²) in [6.07, 6.45) is 1.44. The van der Waals surface area contributed by atoms with E-state index in [1.165, 1.54) is 6.20 Å². The van der Waals surface area contributed by atoms with Gasteiger partial charge >= 0.3 is 5.97 Å². The van der Waals surface area contributed by atoms with Gasteiger partial charge in [-0.2, -0.15) is 17.7 Å². The Kier molecular flexibility index (Phi) is 5.02. The Balaban J connectivity index is 2.28. The van der Waals surface area contributed by atoms with Crippen LogP contribution in [0.3, 0.4) is 0 Å². The Labute approximate surface area is 133 Å². The number of nitrogens with zero attached hydrogens (tertiary/aromatic N) is 3. The maximum atomic E-state index is 12.4. The molecule has 1 N–H and O–H groups in total. The molecule has 0 saturated carbocycles. The van der Waals surface area contributed by atoms with E-state index in [0.717, 1.165) is 11.4 Å². The van der Waals surface area contributed by atoms with Crippen molar-refractivity contribution >= 4 is 30.2 Å². The second kappa shape index (κ2) is 6.78. The van der Waals surface area contributed by atoms with Crippen molar-refractivity contribution in [1.29, 1.82) is 0 Å². The summed E-state index contributed by atoms with van der Waals surface area (Å²) >= 11 is 4.07. The second-order valence-corrected chi connectivity index (χ2v) is 5.16. The van der Waals surface area contributed by atoms with Crippen LogP contribution in [0.1, 0.15) is 28.7 Å². The van der Waals surface area contributed by atoms with Crippen LogP contribution in [-0.4, -0.2) is 44.9 Å². The van der Waals surface area contributed by atoms with Gasteiger partial charge in [-0.05, 0) is 26.8 Å². The van der Waals surface area contributed by atoms with Gasteiger partial charge in [0.25, 0.3) is 5.91 Å². The zero-order chi connectivity index (χ0) is 16.3. The van der Waals surface area contributed by atoms with Gasteiger partial charge in [0.05, 0.1) is 12.8 Å². The Morgan fingerprint density at radius 2 is 2.18 bits per heavy atom. The lowest BCUT2D eigenvalue weighted by Gasteiger charge is -2.14. The number of fused-ring (bicyclic) bond motifs is 1. The van der Waals surface area contributed by atoms with Gasteiger partial charge in [-0.15, -0.1) is 0 Å². The van der Waals surface area contributed by atoms with Gasteiger partial charge in [-0.25, -0.2) is 14.3 Å². The molecule has 0 aliphatic carbocycles. The van der Waals surface area contributed by atoms with Crippen LogP contribution in [0, 0.1) is 13.8 Å². The first kappa shape index (κ1) is 16.3. The lowest BCUT2D eigenvalue weighted by Crippen LogP contribution is -2.43. The first-order valence-electron chi connectivity index (χ1n) is 6.88. The molecule has 7 nitrogen and oxygen atoms in total. The summed E-state index contributed by atoms with van der Waals surface area (Å²) in [5.74, 6) is -0.794. The van der Waals surface area contributed by atoms with Gasteiger partial charge < -0.3 is 10.1 Å². The molecule has 0 unspecified atom stereocenters. The number of thiol groups is 1. The lowest BCUT2D eigenvalue weighted by atomic mass is 10.2. The molecule has 2 aromatic heterocycles. The van der Waals surface area contributed by atoms with Crippen molar-refractivity contribution in [3.8, 4) is 0 Å². The molecule has 2 heterocycles. The zero-order valence-corrected chi connectivity index (χ0v) is 13.6. The molecule has 0 aliphatic heterocycles. The van der Waals surface area contributed by atoms with Crippen LogP contribution in [-0.2, 0) is 9.53 Å². The number of aryl methyl sites for hydroxylation is 2. The van der Waals surface area contributed by atoms with Crippen LogP contribution in [0.25, 0.3) is 5.65 Å².